The van der Waals surface area contributed by atoms with Crippen molar-refractivity contribution in [3.8, 4) is 0 Å². The molecule has 0 amide bonds. The number of esters is 1. The van der Waals surface area contributed by atoms with E-state index >= 15 is 0 Å². The Bertz CT molecular complexity index is 367. The lowest BCUT2D eigenvalue weighted by Crippen LogP contribution is -2.43. The monoisotopic (exact) mass is 234 g/mol. The fraction of sp³-hybridized carbons (Fsp3) is 0.667. The normalized spacial score (nSPS) is 38.5. The second-order valence-electron chi connectivity index (χ2n) is 5.37. The van der Waals surface area contributed by atoms with Gasteiger partial charge in [-0.15, -0.1) is 0 Å². The first-order chi connectivity index (χ1) is 8.06. The molecule has 0 saturated heterocycles. The van der Waals surface area contributed by atoms with Crippen LogP contribution in [0.4, 0.5) is 0 Å². The first kappa shape index (κ1) is 12.4. The van der Waals surface area contributed by atoms with Crippen LogP contribution in [-0.4, -0.2) is 12.6 Å². The fourth-order valence-corrected chi connectivity index (χ4v) is 3.41. The van der Waals surface area contributed by atoms with Gasteiger partial charge in [-0.3, -0.25) is 0 Å². The Kier molecular flexibility index (Phi) is 3.41. The van der Waals surface area contributed by atoms with Crippen molar-refractivity contribution in [1.29, 1.82) is 0 Å². The van der Waals surface area contributed by atoms with Crippen LogP contribution in [0, 0.1) is 23.7 Å². The molecule has 2 rings (SSSR count). The van der Waals surface area contributed by atoms with Crippen LogP contribution in [0.5, 0.6) is 0 Å². The molecule has 0 aliphatic heterocycles. The molecule has 94 valence electrons. The maximum Gasteiger partial charge on any atom is 0.330 e. The number of carbonyl (C=O) groups excluding carboxylic acids is 1. The maximum absolute atomic E-state index is 11.5. The summed E-state index contributed by atoms with van der Waals surface area (Å²) in [4.78, 5) is 11.5. The van der Waals surface area contributed by atoms with Crippen LogP contribution in [0.25, 0.3) is 0 Å². The van der Waals surface area contributed by atoms with E-state index in [1.165, 1.54) is 24.0 Å². The molecule has 4 atom stereocenters. The molecule has 2 heteroatoms. The quantitative estimate of drug-likeness (QED) is 0.416. The summed E-state index contributed by atoms with van der Waals surface area (Å²) in [6.07, 6.45) is 4.12. The van der Waals surface area contributed by atoms with Crippen LogP contribution in [0.3, 0.4) is 0 Å². The van der Waals surface area contributed by atoms with Gasteiger partial charge in [0.05, 0.1) is 6.61 Å². The molecule has 0 aromatic rings. The lowest BCUT2D eigenvalue weighted by Gasteiger charge is -2.52. The van der Waals surface area contributed by atoms with Crippen molar-refractivity contribution in [2.45, 2.75) is 33.6 Å². The zero-order valence-electron chi connectivity index (χ0n) is 11.0. The van der Waals surface area contributed by atoms with Gasteiger partial charge < -0.3 is 4.74 Å². The zero-order chi connectivity index (χ0) is 12.6. The van der Waals surface area contributed by atoms with Crippen molar-refractivity contribution in [2.75, 3.05) is 6.61 Å². The molecule has 17 heavy (non-hydrogen) atoms. The summed E-state index contributed by atoms with van der Waals surface area (Å²) in [5.74, 6) is 2.08. The number of rotatable bonds is 2. The fourth-order valence-electron chi connectivity index (χ4n) is 3.41. The van der Waals surface area contributed by atoms with Crippen molar-refractivity contribution >= 4 is 5.97 Å². The van der Waals surface area contributed by atoms with Gasteiger partial charge in [0.2, 0.25) is 0 Å². The standard InChI is InChI=1S/C15H22O2/c1-5-17-14(16)8-13-11(4)15-10(3)9(2)6-7-12(13)15/h8-9,11-12,15H,3,5-7H2,1-2,4H3/b13-8-/t9-,11+,12-,15+/m1/s1. The number of hydrogen-bond acceptors (Lipinski definition) is 2. The van der Waals surface area contributed by atoms with Crippen molar-refractivity contribution in [2.24, 2.45) is 23.7 Å². The molecule has 0 spiro atoms. The van der Waals surface area contributed by atoms with E-state index in [9.17, 15) is 4.79 Å². The highest BCUT2D eigenvalue weighted by Crippen LogP contribution is 2.56. The molecule has 2 nitrogen and oxygen atoms in total. The molecule has 2 fully saturated rings. The average Bonchev–Trinajstić information content (AvgIpc) is 2.29. The van der Waals surface area contributed by atoms with Gasteiger partial charge in [0.15, 0.2) is 0 Å². The summed E-state index contributed by atoms with van der Waals surface area (Å²) in [6, 6.07) is 0. The van der Waals surface area contributed by atoms with E-state index in [-0.39, 0.29) is 5.97 Å². The van der Waals surface area contributed by atoms with Crippen LogP contribution in [0.15, 0.2) is 23.8 Å². The largest absolute Gasteiger partial charge is 0.463 e. The smallest absolute Gasteiger partial charge is 0.330 e. The second kappa shape index (κ2) is 4.67. The molecule has 0 radical (unpaired) electrons. The zero-order valence-corrected chi connectivity index (χ0v) is 11.0. The van der Waals surface area contributed by atoms with E-state index in [0.717, 1.165) is 0 Å². The number of fused-ring (bicyclic) bond motifs is 1. The Hall–Kier alpha value is -1.05. The average molecular weight is 234 g/mol. The number of carbonyl (C=O) groups is 1. The summed E-state index contributed by atoms with van der Waals surface area (Å²) in [5.41, 5.74) is 2.66. The maximum atomic E-state index is 11.5. The summed E-state index contributed by atoms with van der Waals surface area (Å²) in [5, 5.41) is 0. The van der Waals surface area contributed by atoms with Gasteiger partial charge in [0.1, 0.15) is 0 Å². The minimum absolute atomic E-state index is 0.183. The second-order valence-corrected chi connectivity index (χ2v) is 5.37. The first-order valence-corrected chi connectivity index (χ1v) is 6.63. The van der Waals surface area contributed by atoms with Gasteiger partial charge in [-0.25, -0.2) is 4.79 Å². The minimum atomic E-state index is -0.183. The number of hydrogen-bond donors (Lipinski definition) is 0. The van der Waals surface area contributed by atoms with Gasteiger partial charge >= 0.3 is 5.97 Å². The molecule has 0 N–H and O–H groups in total. The van der Waals surface area contributed by atoms with Crippen molar-refractivity contribution in [1.82, 2.24) is 0 Å². The summed E-state index contributed by atoms with van der Waals surface area (Å²) >= 11 is 0. The Labute approximate surface area is 104 Å². The van der Waals surface area contributed by atoms with Crippen LogP contribution in [0.2, 0.25) is 0 Å². The third kappa shape index (κ3) is 2.05. The molecule has 0 heterocycles. The van der Waals surface area contributed by atoms with Gasteiger partial charge in [0, 0.05) is 6.08 Å². The van der Waals surface area contributed by atoms with Gasteiger partial charge in [-0.2, -0.15) is 0 Å². The molecular weight excluding hydrogens is 212 g/mol. The molecular formula is C15H22O2. The summed E-state index contributed by atoms with van der Waals surface area (Å²) in [6.45, 7) is 11.0. The van der Waals surface area contributed by atoms with E-state index in [4.69, 9.17) is 4.74 Å². The van der Waals surface area contributed by atoms with E-state index in [0.29, 0.717) is 30.3 Å². The molecule has 2 aliphatic carbocycles. The topological polar surface area (TPSA) is 26.3 Å². The van der Waals surface area contributed by atoms with Crippen LogP contribution >= 0.6 is 0 Å². The Morgan fingerprint density at radius 1 is 1.47 bits per heavy atom. The Balaban J connectivity index is 2.09. The molecule has 0 unspecified atom stereocenters. The SMILES string of the molecule is C=C1[C@@H]2[C@H](CC[C@H]1C)/C(=C\C(=O)OCC)[C@@H]2C. The van der Waals surface area contributed by atoms with Crippen LogP contribution < -0.4 is 0 Å². The van der Waals surface area contributed by atoms with E-state index < -0.39 is 0 Å². The Morgan fingerprint density at radius 3 is 2.82 bits per heavy atom. The summed E-state index contributed by atoms with van der Waals surface area (Å²) < 4.78 is 4.99. The van der Waals surface area contributed by atoms with Gasteiger partial charge in [-0.05, 0) is 43.4 Å². The number of allylic oxidation sites excluding steroid dienone is 2. The third-order valence-corrected chi connectivity index (χ3v) is 4.47. The molecule has 2 aliphatic rings. The third-order valence-electron chi connectivity index (χ3n) is 4.47. The van der Waals surface area contributed by atoms with E-state index in [1.807, 2.05) is 6.92 Å². The highest BCUT2D eigenvalue weighted by Gasteiger charge is 2.47. The molecule has 0 bridgehead atoms. The highest BCUT2D eigenvalue weighted by molar-refractivity contribution is 5.83. The predicted octanol–water partition coefficient (Wildman–Crippen LogP) is 3.34. The van der Waals surface area contributed by atoms with Crippen LogP contribution in [0.1, 0.15) is 33.6 Å². The predicted molar refractivity (Wildman–Crippen MR) is 68.4 cm³/mol. The molecule has 0 aromatic heterocycles. The lowest BCUT2D eigenvalue weighted by atomic mass is 9.52. The lowest BCUT2D eigenvalue weighted by molar-refractivity contribution is -0.137. The van der Waals surface area contributed by atoms with E-state index in [1.54, 1.807) is 6.08 Å². The van der Waals surface area contributed by atoms with Gasteiger partial charge in [0.25, 0.3) is 0 Å². The van der Waals surface area contributed by atoms with Crippen molar-refractivity contribution in [3.05, 3.63) is 23.8 Å². The Morgan fingerprint density at radius 2 is 2.18 bits per heavy atom. The van der Waals surface area contributed by atoms with Crippen molar-refractivity contribution in [3.63, 3.8) is 0 Å². The first-order valence-electron chi connectivity index (χ1n) is 6.63. The number of ether oxygens (including phenoxy) is 1. The van der Waals surface area contributed by atoms with E-state index in [2.05, 4.69) is 20.4 Å². The highest BCUT2D eigenvalue weighted by atomic mass is 16.5. The molecule has 0 aromatic carbocycles. The minimum Gasteiger partial charge on any atom is -0.463 e. The van der Waals surface area contributed by atoms with Crippen LogP contribution in [-0.2, 0) is 9.53 Å². The summed E-state index contributed by atoms with van der Waals surface area (Å²) in [7, 11) is 0. The molecule has 2 saturated carbocycles. The van der Waals surface area contributed by atoms with Gasteiger partial charge in [-0.1, -0.05) is 31.6 Å². The van der Waals surface area contributed by atoms with Crippen molar-refractivity contribution < 1.29 is 9.53 Å².